The van der Waals surface area contributed by atoms with Crippen molar-refractivity contribution >= 4 is 33.4 Å². The molecular weight excluding hydrogens is 442 g/mol. The van der Waals surface area contributed by atoms with E-state index < -0.39 is 10.0 Å². The normalized spacial score (nSPS) is 11.2. The molecule has 0 fully saturated rings. The number of ether oxygens (including phenoxy) is 2. The van der Waals surface area contributed by atoms with Crippen molar-refractivity contribution in [3.05, 3.63) is 54.4 Å². The van der Waals surface area contributed by atoms with Gasteiger partial charge in [0.2, 0.25) is 15.9 Å². The fourth-order valence-corrected chi connectivity index (χ4v) is 3.72. The zero-order valence-electron chi connectivity index (χ0n) is 16.8. The van der Waals surface area contributed by atoms with E-state index in [-0.39, 0.29) is 23.2 Å². The number of carbonyl (C=O) groups is 1. The van der Waals surface area contributed by atoms with E-state index >= 15 is 0 Å². The Labute approximate surface area is 183 Å². The molecule has 164 valence electrons. The monoisotopic (exact) mass is 463 g/mol. The van der Waals surface area contributed by atoms with Crippen LogP contribution in [-0.2, 0) is 28.5 Å². The molecule has 0 unspecified atom stereocenters. The lowest BCUT2D eigenvalue weighted by Gasteiger charge is -2.08. The number of rotatable bonds is 9. The molecule has 3 aromatic rings. The molecule has 0 atom stereocenters. The Morgan fingerprint density at radius 1 is 1.10 bits per heavy atom. The number of amides is 1. The molecule has 0 spiro atoms. The first-order valence-electron chi connectivity index (χ1n) is 8.97. The SMILES string of the molecule is COc1ccc(OCc2nnc(SCC(=O)Nc3ccc(S(N)(=O)=O)cc3)n2C)cc1. The van der Waals surface area contributed by atoms with Crippen molar-refractivity contribution in [2.75, 3.05) is 18.2 Å². The van der Waals surface area contributed by atoms with Gasteiger partial charge in [-0.25, -0.2) is 13.6 Å². The number of benzene rings is 2. The number of hydrogen-bond acceptors (Lipinski definition) is 8. The summed E-state index contributed by atoms with van der Waals surface area (Å²) in [6, 6.07) is 12.8. The predicted molar refractivity (Wildman–Crippen MR) is 115 cm³/mol. The number of hydrogen-bond donors (Lipinski definition) is 2. The number of anilines is 1. The summed E-state index contributed by atoms with van der Waals surface area (Å²) in [5.74, 6) is 1.85. The fraction of sp³-hybridized carbons (Fsp3) is 0.211. The van der Waals surface area contributed by atoms with Crippen LogP contribution in [-0.4, -0.2) is 42.0 Å². The first-order valence-corrected chi connectivity index (χ1v) is 11.5. The second-order valence-electron chi connectivity index (χ2n) is 6.33. The van der Waals surface area contributed by atoms with E-state index in [0.717, 1.165) is 5.75 Å². The molecule has 1 heterocycles. The average molecular weight is 464 g/mol. The van der Waals surface area contributed by atoms with Gasteiger partial charge in [-0.2, -0.15) is 0 Å². The Balaban J connectivity index is 1.51. The highest BCUT2D eigenvalue weighted by Crippen LogP contribution is 2.20. The van der Waals surface area contributed by atoms with Crippen molar-refractivity contribution in [1.82, 2.24) is 14.8 Å². The topological polar surface area (TPSA) is 138 Å². The van der Waals surface area contributed by atoms with Crippen LogP contribution in [0.2, 0.25) is 0 Å². The van der Waals surface area contributed by atoms with Crippen LogP contribution in [0.3, 0.4) is 0 Å². The maximum Gasteiger partial charge on any atom is 0.238 e. The third-order valence-corrected chi connectivity index (χ3v) is 6.10. The maximum absolute atomic E-state index is 12.2. The Morgan fingerprint density at radius 3 is 2.35 bits per heavy atom. The van der Waals surface area contributed by atoms with Crippen molar-refractivity contribution in [2.24, 2.45) is 12.2 Å². The Kier molecular flexibility index (Phi) is 7.15. The van der Waals surface area contributed by atoms with Gasteiger partial charge < -0.3 is 19.4 Å². The second-order valence-corrected chi connectivity index (χ2v) is 8.83. The van der Waals surface area contributed by atoms with Crippen LogP contribution in [0.1, 0.15) is 5.82 Å². The first kappa shape index (κ1) is 22.6. The highest BCUT2D eigenvalue weighted by atomic mass is 32.2. The molecular formula is C19H21N5O5S2. The van der Waals surface area contributed by atoms with Gasteiger partial charge in [0.15, 0.2) is 11.0 Å². The molecule has 3 N–H and O–H groups in total. The summed E-state index contributed by atoms with van der Waals surface area (Å²) < 4.78 is 35.1. The minimum Gasteiger partial charge on any atom is -0.497 e. The van der Waals surface area contributed by atoms with Crippen LogP contribution < -0.4 is 19.9 Å². The molecule has 0 saturated heterocycles. The second kappa shape index (κ2) is 9.81. The first-order chi connectivity index (χ1) is 14.8. The van der Waals surface area contributed by atoms with E-state index in [9.17, 15) is 13.2 Å². The van der Waals surface area contributed by atoms with Crippen molar-refractivity contribution in [1.29, 1.82) is 0 Å². The lowest BCUT2D eigenvalue weighted by Crippen LogP contribution is -2.15. The number of carbonyl (C=O) groups excluding carboxylic acids is 1. The van der Waals surface area contributed by atoms with Gasteiger partial charge in [0.05, 0.1) is 17.8 Å². The Morgan fingerprint density at radius 2 is 1.74 bits per heavy atom. The van der Waals surface area contributed by atoms with E-state index in [1.54, 1.807) is 43.0 Å². The van der Waals surface area contributed by atoms with Crippen LogP contribution in [0.5, 0.6) is 11.5 Å². The smallest absolute Gasteiger partial charge is 0.238 e. The standard InChI is InChI=1S/C19H21N5O5S2/c1-24-17(11-29-15-7-5-14(28-2)6-8-15)22-23-19(24)30-12-18(25)21-13-3-9-16(10-4-13)31(20,26)27/h3-10H,11-12H2,1-2H3,(H,21,25)(H2,20,26,27). The molecule has 31 heavy (non-hydrogen) atoms. The minimum atomic E-state index is -3.77. The number of thioether (sulfide) groups is 1. The van der Waals surface area contributed by atoms with Gasteiger partial charge in [0, 0.05) is 12.7 Å². The van der Waals surface area contributed by atoms with Crippen molar-refractivity contribution in [2.45, 2.75) is 16.7 Å². The summed E-state index contributed by atoms with van der Waals surface area (Å²) in [6.07, 6.45) is 0. The largest absolute Gasteiger partial charge is 0.497 e. The summed E-state index contributed by atoms with van der Waals surface area (Å²) in [4.78, 5) is 12.2. The number of nitrogens with two attached hydrogens (primary N) is 1. The molecule has 10 nitrogen and oxygen atoms in total. The number of sulfonamides is 1. The van der Waals surface area contributed by atoms with Gasteiger partial charge in [0.1, 0.15) is 18.1 Å². The van der Waals surface area contributed by atoms with Crippen molar-refractivity contribution < 1.29 is 22.7 Å². The van der Waals surface area contributed by atoms with Crippen LogP contribution in [0.15, 0.2) is 58.6 Å². The number of nitrogens with one attached hydrogen (secondary N) is 1. The molecule has 2 aromatic carbocycles. The summed E-state index contributed by atoms with van der Waals surface area (Å²) in [5, 5.41) is 16.5. The molecule has 12 heteroatoms. The number of methoxy groups -OCH3 is 1. The fourth-order valence-electron chi connectivity index (χ4n) is 2.47. The molecule has 0 saturated carbocycles. The lowest BCUT2D eigenvalue weighted by molar-refractivity contribution is -0.113. The predicted octanol–water partition coefficient (Wildman–Crippen LogP) is 1.78. The van der Waals surface area contributed by atoms with E-state index in [4.69, 9.17) is 14.6 Å². The Bertz CT molecular complexity index is 1150. The van der Waals surface area contributed by atoms with E-state index in [0.29, 0.717) is 22.4 Å². The van der Waals surface area contributed by atoms with E-state index in [1.165, 1.54) is 36.0 Å². The highest BCUT2D eigenvalue weighted by Gasteiger charge is 2.13. The third kappa shape index (κ3) is 6.20. The van der Waals surface area contributed by atoms with Gasteiger partial charge in [-0.3, -0.25) is 4.79 Å². The number of nitrogens with zero attached hydrogens (tertiary/aromatic N) is 3. The lowest BCUT2D eigenvalue weighted by atomic mass is 10.3. The van der Waals surface area contributed by atoms with Crippen molar-refractivity contribution in [3.8, 4) is 11.5 Å². The van der Waals surface area contributed by atoms with E-state index in [2.05, 4.69) is 15.5 Å². The molecule has 3 rings (SSSR count). The van der Waals surface area contributed by atoms with Gasteiger partial charge in [-0.1, -0.05) is 11.8 Å². The molecule has 0 radical (unpaired) electrons. The minimum absolute atomic E-state index is 0.0247. The van der Waals surface area contributed by atoms with E-state index in [1.807, 2.05) is 0 Å². The summed E-state index contributed by atoms with van der Waals surface area (Å²) in [5.41, 5.74) is 0.463. The van der Waals surface area contributed by atoms with Crippen molar-refractivity contribution in [3.63, 3.8) is 0 Å². The third-order valence-electron chi connectivity index (χ3n) is 4.15. The van der Waals surface area contributed by atoms with Gasteiger partial charge in [-0.05, 0) is 48.5 Å². The highest BCUT2D eigenvalue weighted by molar-refractivity contribution is 7.99. The number of primary sulfonamides is 1. The number of aromatic nitrogens is 3. The quantitative estimate of drug-likeness (QED) is 0.458. The van der Waals surface area contributed by atoms with Crippen LogP contribution >= 0.6 is 11.8 Å². The van der Waals surface area contributed by atoms with Gasteiger partial charge >= 0.3 is 0 Å². The summed E-state index contributed by atoms with van der Waals surface area (Å²) >= 11 is 1.22. The van der Waals surface area contributed by atoms with Gasteiger partial charge in [0.25, 0.3) is 0 Å². The molecule has 1 aromatic heterocycles. The zero-order valence-corrected chi connectivity index (χ0v) is 18.4. The van der Waals surface area contributed by atoms with Gasteiger partial charge in [-0.15, -0.1) is 10.2 Å². The molecule has 0 aliphatic heterocycles. The van der Waals surface area contributed by atoms with Crippen LogP contribution in [0.25, 0.3) is 0 Å². The Hall–Kier alpha value is -3.09. The molecule has 0 aliphatic rings. The average Bonchev–Trinajstić information content (AvgIpc) is 3.10. The summed E-state index contributed by atoms with van der Waals surface area (Å²) in [7, 11) is -0.386. The maximum atomic E-state index is 12.2. The zero-order chi connectivity index (χ0) is 22.4. The molecule has 0 bridgehead atoms. The van der Waals surface area contributed by atoms with Crippen LogP contribution in [0, 0.1) is 0 Å². The molecule has 1 amide bonds. The van der Waals surface area contributed by atoms with Crippen LogP contribution in [0.4, 0.5) is 5.69 Å². The summed E-state index contributed by atoms with van der Waals surface area (Å²) in [6.45, 7) is 0.221. The molecule has 0 aliphatic carbocycles.